The van der Waals surface area contributed by atoms with Crippen LogP contribution < -0.4 is 4.72 Å². The second-order valence-electron chi connectivity index (χ2n) is 8.46. The second kappa shape index (κ2) is 8.92. The van der Waals surface area contributed by atoms with Crippen LogP contribution in [0.4, 0.5) is 5.69 Å². The number of para-hydroxylation sites is 1. The van der Waals surface area contributed by atoms with Gasteiger partial charge in [-0.1, -0.05) is 25.1 Å². The summed E-state index contributed by atoms with van der Waals surface area (Å²) in [5.74, 6) is 0.520. The summed E-state index contributed by atoms with van der Waals surface area (Å²) < 4.78 is 57.8. The summed E-state index contributed by atoms with van der Waals surface area (Å²) in [5, 5.41) is 4.40. The number of benzene rings is 2. The van der Waals surface area contributed by atoms with Crippen molar-refractivity contribution < 1.29 is 16.8 Å². The predicted octanol–water partition coefficient (Wildman–Crippen LogP) is 3.71. The van der Waals surface area contributed by atoms with Gasteiger partial charge in [-0.25, -0.2) is 21.5 Å². The number of nitrogens with one attached hydrogen (secondary N) is 1. The molecule has 1 aliphatic heterocycles. The Morgan fingerprint density at radius 1 is 0.909 bits per heavy atom. The first-order valence-electron chi connectivity index (χ1n) is 10.8. The summed E-state index contributed by atoms with van der Waals surface area (Å²) in [6.45, 7) is 6.48. The van der Waals surface area contributed by atoms with Crippen molar-refractivity contribution in [3.63, 3.8) is 0 Å². The summed E-state index contributed by atoms with van der Waals surface area (Å²) in [5.41, 5.74) is 1.92. The number of piperidine rings is 1. The fraction of sp³-hybridized carbons (Fsp3) is 0.348. The van der Waals surface area contributed by atoms with E-state index in [-0.39, 0.29) is 15.5 Å². The van der Waals surface area contributed by atoms with Gasteiger partial charge in [0.05, 0.1) is 22.0 Å². The molecule has 1 aromatic heterocycles. The van der Waals surface area contributed by atoms with Gasteiger partial charge in [-0.2, -0.15) is 9.40 Å². The van der Waals surface area contributed by atoms with Gasteiger partial charge < -0.3 is 0 Å². The molecule has 2 heterocycles. The maximum absolute atomic E-state index is 13.2. The first kappa shape index (κ1) is 23.5. The van der Waals surface area contributed by atoms with Crippen LogP contribution in [0.5, 0.6) is 0 Å². The van der Waals surface area contributed by atoms with Gasteiger partial charge in [0.1, 0.15) is 4.90 Å². The van der Waals surface area contributed by atoms with Crippen LogP contribution in [0.1, 0.15) is 31.2 Å². The highest BCUT2D eigenvalue weighted by Crippen LogP contribution is 2.27. The van der Waals surface area contributed by atoms with Crippen LogP contribution >= 0.6 is 0 Å². The average molecular weight is 489 g/mol. The van der Waals surface area contributed by atoms with E-state index >= 15 is 0 Å². The van der Waals surface area contributed by atoms with Crippen molar-refractivity contribution in [2.24, 2.45) is 5.92 Å². The molecule has 1 aliphatic rings. The third-order valence-electron chi connectivity index (χ3n) is 5.98. The predicted molar refractivity (Wildman–Crippen MR) is 127 cm³/mol. The molecule has 10 heteroatoms. The number of sulfonamides is 2. The van der Waals surface area contributed by atoms with Gasteiger partial charge in [0.15, 0.2) is 0 Å². The van der Waals surface area contributed by atoms with E-state index in [1.54, 1.807) is 18.5 Å². The maximum atomic E-state index is 13.2. The highest BCUT2D eigenvalue weighted by atomic mass is 32.2. The van der Waals surface area contributed by atoms with Crippen molar-refractivity contribution in [3.05, 3.63) is 66.0 Å². The zero-order valence-electron chi connectivity index (χ0n) is 18.9. The second-order valence-corrected chi connectivity index (χ2v) is 12.0. The minimum Gasteiger partial charge on any atom is -0.280 e. The summed E-state index contributed by atoms with van der Waals surface area (Å²) >= 11 is 0. The van der Waals surface area contributed by atoms with Crippen LogP contribution in [0.2, 0.25) is 0 Å². The molecule has 0 spiro atoms. The van der Waals surface area contributed by atoms with Gasteiger partial charge in [0.25, 0.3) is 10.0 Å². The van der Waals surface area contributed by atoms with Crippen molar-refractivity contribution in [2.45, 2.75) is 43.4 Å². The van der Waals surface area contributed by atoms with Gasteiger partial charge >= 0.3 is 0 Å². The number of hydrogen-bond donors (Lipinski definition) is 1. The van der Waals surface area contributed by atoms with Crippen molar-refractivity contribution in [3.8, 4) is 5.69 Å². The standard InChI is InChI=1S/C23H28N4O4S2/c1-17-13-15-26(16-14-17)33(30,31)22-11-9-20(10-12-22)25-32(28,29)23-18(2)24-27(19(23)3)21-7-5-4-6-8-21/h4-12,17,25H,13-16H2,1-3H3. The summed E-state index contributed by atoms with van der Waals surface area (Å²) in [6, 6.07) is 15.1. The van der Waals surface area contributed by atoms with Gasteiger partial charge in [-0.15, -0.1) is 0 Å². The highest BCUT2D eigenvalue weighted by Gasteiger charge is 2.29. The molecule has 2 aromatic carbocycles. The van der Waals surface area contributed by atoms with Crippen molar-refractivity contribution in [2.75, 3.05) is 17.8 Å². The van der Waals surface area contributed by atoms with E-state index in [0.29, 0.717) is 30.4 Å². The highest BCUT2D eigenvalue weighted by molar-refractivity contribution is 7.92. The fourth-order valence-corrected chi connectivity index (χ4v) is 7.04. The van der Waals surface area contributed by atoms with Crippen LogP contribution in [0.25, 0.3) is 5.69 Å². The van der Waals surface area contributed by atoms with Gasteiger partial charge in [-0.3, -0.25) is 4.72 Å². The number of nitrogens with zero attached hydrogens (tertiary/aromatic N) is 3. The van der Waals surface area contributed by atoms with E-state index in [0.717, 1.165) is 18.5 Å². The molecule has 33 heavy (non-hydrogen) atoms. The first-order valence-corrected chi connectivity index (χ1v) is 13.8. The van der Waals surface area contributed by atoms with Gasteiger partial charge in [-0.05, 0) is 69.0 Å². The molecule has 0 unspecified atom stereocenters. The Balaban J connectivity index is 1.57. The van der Waals surface area contributed by atoms with Crippen molar-refractivity contribution in [1.82, 2.24) is 14.1 Å². The van der Waals surface area contributed by atoms with Crippen LogP contribution in [0.15, 0.2) is 64.4 Å². The van der Waals surface area contributed by atoms with Gasteiger partial charge in [0, 0.05) is 18.8 Å². The molecule has 0 radical (unpaired) electrons. The third kappa shape index (κ3) is 4.68. The Bertz CT molecular complexity index is 1340. The van der Waals surface area contributed by atoms with Crippen LogP contribution in [0.3, 0.4) is 0 Å². The molecular formula is C23H28N4O4S2. The smallest absolute Gasteiger partial charge is 0.265 e. The lowest BCUT2D eigenvalue weighted by Gasteiger charge is -2.29. The molecule has 1 N–H and O–H groups in total. The summed E-state index contributed by atoms with van der Waals surface area (Å²) in [4.78, 5) is 0.259. The fourth-order valence-electron chi connectivity index (χ4n) is 4.11. The number of rotatable bonds is 6. The molecule has 0 atom stereocenters. The molecule has 1 fully saturated rings. The number of anilines is 1. The van der Waals surface area contributed by atoms with E-state index in [9.17, 15) is 16.8 Å². The monoisotopic (exact) mass is 488 g/mol. The Morgan fingerprint density at radius 3 is 2.12 bits per heavy atom. The van der Waals surface area contributed by atoms with E-state index in [1.807, 2.05) is 30.3 Å². The Hall–Kier alpha value is -2.69. The number of hydrogen-bond acceptors (Lipinski definition) is 5. The minimum atomic E-state index is -3.93. The molecule has 0 amide bonds. The van der Waals surface area contributed by atoms with Crippen molar-refractivity contribution >= 4 is 25.7 Å². The summed E-state index contributed by atoms with van der Waals surface area (Å²) in [6.07, 6.45) is 1.68. The first-order chi connectivity index (χ1) is 15.6. The summed E-state index contributed by atoms with van der Waals surface area (Å²) in [7, 11) is -7.53. The van der Waals surface area contributed by atoms with E-state index in [2.05, 4.69) is 16.7 Å². The Labute approximate surface area is 195 Å². The maximum Gasteiger partial charge on any atom is 0.265 e. The Morgan fingerprint density at radius 2 is 1.52 bits per heavy atom. The van der Waals surface area contributed by atoms with Crippen LogP contribution in [0, 0.1) is 19.8 Å². The lowest BCUT2D eigenvalue weighted by atomic mass is 10.0. The number of aromatic nitrogens is 2. The molecule has 1 saturated heterocycles. The Kier molecular flexibility index (Phi) is 6.35. The molecule has 0 bridgehead atoms. The zero-order valence-corrected chi connectivity index (χ0v) is 20.5. The minimum absolute atomic E-state index is 0.102. The molecule has 4 rings (SSSR count). The van der Waals surface area contributed by atoms with Gasteiger partial charge in [0.2, 0.25) is 10.0 Å². The normalized spacial score (nSPS) is 16.1. The lowest BCUT2D eigenvalue weighted by molar-refractivity contribution is 0.288. The molecule has 8 nitrogen and oxygen atoms in total. The molecule has 0 aliphatic carbocycles. The number of aryl methyl sites for hydroxylation is 1. The molecule has 3 aromatic rings. The zero-order chi connectivity index (χ0) is 23.8. The van der Waals surface area contributed by atoms with Crippen molar-refractivity contribution in [1.29, 1.82) is 0 Å². The van der Waals surface area contributed by atoms with Crippen LogP contribution in [-0.4, -0.2) is 44.0 Å². The topological polar surface area (TPSA) is 101 Å². The lowest BCUT2D eigenvalue weighted by Crippen LogP contribution is -2.37. The molecular weight excluding hydrogens is 460 g/mol. The third-order valence-corrected chi connectivity index (χ3v) is 9.53. The largest absolute Gasteiger partial charge is 0.280 e. The van der Waals surface area contributed by atoms with E-state index < -0.39 is 20.0 Å². The quantitative estimate of drug-likeness (QED) is 0.570. The molecule has 176 valence electrons. The molecule has 0 saturated carbocycles. The van der Waals surface area contributed by atoms with E-state index in [1.165, 1.54) is 28.6 Å². The van der Waals surface area contributed by atoms with Crippen LogP contribution in [-0.2, 0) is 20.0 Å². The van der Waals surface area contributed by atoms with E-state index in [4.69, 9.17) is 0 Å². The SMILES string of the molecule is Cc1nn(-c2ccccc2)c(C)c1S(=O)(=O)Nc1ccc(S(=O)(=O)N2CCC(C)CC2)cc1. The average Bonchev–Trinajstić information content (AvgIpc) is 3.09.